The summed E-state index contributed by atoms with van der Waals surface area (Å²) in [5.74, 6) is 0.727. The fourth-order valence-electron chi connectivity index (χ4n) is 3.19. The third kappa shape index (κ3) is 4.01. The Labute approximate surface area is 154 Å². The molecule has 1 heterocycles. The van der Waals surface area contributed by atoms with Gasteiger partial charge in [-0.05, 0) is 62.8 Å². The van der Waals surface area contributed by atoms with Gasteiger partial charge in [0, 0.05) is 18.0 Å². The second-order valence-electron chi connectivity index (χ2n) is 6.78. The van der Waals surface area contributed by atoms with Gasteiger partial charge >= 0.3 is 0 Å². The summed E-state index contributed by atoms with van der Waals surface area (Å²) in [6, 6.07) is 12.4. The molecule has 25 heavy (non-hydrogen) atoms. The van der Waals surface area contributed by atoms with E-state index in [2.05, 4.69) is 25.1 Å². The molecule has 0 unspecified atom stereocenters. The van der Waals surface area contributed by atoms with Gasteiger partial charge in [0.2, 0.25) is 0 Å². The van der Waals surface area contributed by atoms with Crippen LogP contribution in [0.1, 0.15) is 40.9 Å². The molecule has 1 aliphatic rings. The SMILES string of the molecule is CSc1ccc(OC(C)C)c(C(=O)N2CCc3cc(C)ccc3C2)c1. The van der Waals surface area contributed by atoms with Crippen LogP contribution >= 0.6 is 11.8 Å². The molecule has 0 saturated heterocycles. The van der Waals surface area contributed by atoms with Crippen molar-refractivity contribution in [1.82, 2.24) is 4.90 Å². The van der Waals surface area contributed by atoms with Gasteiger partial charge in [-0.15, -0.1) is 11.8 Å². The molecule has 2 aromatic carbocycles. The van der Waals surface area contributed by atoms with Gasteiger partial charge in [0.25, 0.3) is 5.91 Å². The van der Waals surface area contributed by atoms with Crippen molar-refractivity contribution >= 4 is 17.7 Å². The van der Waals surface area contributed by atoms with Crippen molar-refractivity contribution in [3.8, 4) is 5.75 Å². The van der Waals surface area contributed by atoms with E-state index in [-0.39, 0.29) is 12.0 Å². The van der Waals surface area contributed by atoms with Gasteiger partial charge in [-0.2, -0.15) is 0 Å². The Bertz CT molecular complexity index is 785. The first-order valence-corrected chi connectivity index (χ1v) is 9.93. The van der Waals surface area contributed by atoms with Crippen LogP contribution < -0.4 is 4.74 Å². The lowest BCUT2D eigenvalue weighted by molar-refractivity contribution is 0.0728. The Morgan fingerprint density at radius 2 is 1.96 bits per heavy atom. The van der Waals surface area contributed by atoms with Gasteiger partial charge < -0.3 is 9.64 Å². The predicted molar refractivity (Wildman–Crippen MR) is 104 cm³/mol. The molecule has 0 atom stereocenters. The standard InChI is InChI=1S/C21H25NO2S/c1-14(2)24-20-8-7-18(25-4)12-19(20)21(23)22-10-9-16-11-15(3)5-6-17(16)13-22/h5-8,11-12,14H,9-10,13H2,1-4H3. The molecule has 0 fully saturated rings. The van der Waals surface area contributed by atoms with Crippen LogP contribution in [0.15, 0.2) is 41.3 Å². The molecule has 1 amide bonds. The van der Waals surface area contributed by atoms with Gasteiger partial charge in [0.15, 0.2) is 0 Å². The molecule has 132 valence electrons. The molecular formula is C21H25NO2S. The zero-order chi connectivity index (χ0) is 18.0. The van der Waals surface area contributed by atoms with E-state index in [1.807, 2.05) is 43.2 Å². The fraction of sp³-hybridized carbons (Fsp3) is 0.381. The summed E-state index contributed by atoms with van der Waals surface area (Å²) in [6.45, 7) is 7.49. The molecule has 0 aromatic heterocycles. The van der Waals surface area contributed by atoms with Crippen molar-refractivity contribution < 1.29 is 9.53 Å². The highest BCUT2D eigenvalue weighted by Crippen LogP contribution is 2.29. The van der Waals surface area contributed by atoms with Crippen LogP contribution in [-0.2, 0) is 13.0 Å². The molecule has 3 nitrogen and oxygen atoms in total. The topological polar surface area (TPSA) is 29.5 Å². The minimum atomic E-state index is 0.0386. The second-order valence-corrected chi connectivity index (χ2v) is 7.66. The number of thioether (sulfide) groups is 1. The van der Waals surface area contributed by atoms with Gasteiger partial charge in [-0.25, -0.2) is 0 Å². The molecule has 0 spiro atoms. The van der Waals surface area contributed by atoms with Gasteiger partial charge in [-0.1, -0.05) is 23.8 Å². The number of fused-ring (bicyclic) bond motifs is 1. The highest BCUT2D eigenvalue weighted by Gasteiger charge is 2.24. The second kappa shape index (κ2) is 7.52. The van der Waals surface area contributed by atoms with E-state index in [1.54, 1.807) is 11.8 Å². The van der Waals surface area contributed by atoms with Crippen LogP contribution in [0.2, 0.25) is 0 Å². The molecule has 0 bridgehead atoms. The highest BCUT2D eigenvalue weighted by atomic mass is 32.2. The predicted octanol–water partition coefficient (Wildman–Crippen LogP) is 4.70. The minimum absolute atomic E-state index is 0.0386. The quantitative estimate of drug-likeness (QED) is 0.744. The number of carbonyl (C=O) groups excluding carboxylic acids is 1. The van der Waals surface area contributed by atoms with E-state index in [0.717, 1.165) is 17.9 Å². The molecule has 3 rings (SSSR count). The number of hydrogen-bond acceptors (Lipinski definition) is 3. The maximum Gasteiger partial charge on any atom is 0.257 e. The zero-order valence-electron chi connectivity index (χ0n) is 15.3. The van der Waals surface area contributed by atoms with Crippen molar-refractivity contribution in [2.24, 2.45) is 0 Å². The maximum absolute atomic E-state index is 13.2. The van der Waals surface area contributed by atoms with E-state index < -0.39 is 0 Å². The van der Waals surface area contributed by atoms with Crippen LogP contribution in [-0.4, -0.2) is 29.7 Å². The first-order chi connectivity index (χ1) is 12.0. The minimum Gasteiger partial charge on any atom is -0.490 e. The smallest absolute Gasteiger partial charge is 0.257 e. The number of carbonyl (C=O) groups is 1. The molecule has 0 aliphatic carbocycles. The van der Waals surface area contributed by atoms with Crippen LogP contribution in [0.3, 0.4) is 0 Å². The van der Waals surface area contributed by atoms with Crippen LogP contribution in [0.5, 0.6) is 5.75 Å². The molecular weight excluding hydrogens is 330 g/mol. The molecule has 1 aliphatic heterocycles. The first-order valence-electron chi connectivity index (χ1n) is 8.70. The van der Waals surface area contributed by atoms with Crippen molar-refractivity contribution in [3.63, 3.8) is 0 Å². The summed E-state index contributed by atoms with van der Waals surface area (Å²) in [6.07, 6.45) is 2.97. The number of ether oxygens (including phenoxy) is 1. The van der Waals surface area contributed by atoms with E-state index in [4.69, 9.17) is 4.74 Å². The lowest BCUT2D eigenvalue weighted by atomic mass is 9.97. The van der Waals surface area contributed by atoms with Crippen molar-refractivity contribution in [2.45, 2.75) is 44.7 Å². The Balaban J connectivity index is 1.89. The van der Waals surface area contributed by atoms with Crippen LogP contribution in [0, 0.1) is 6.92 Å². The molecule has 4 heteroatoms. The van der Waals surface area contributed by atoms with Crippen LogP contribution in [0.25, 0.3) is 0 Å². The van der Waals surface area contributed by atoms with Crippen LogP contribution in [0.4, 0.5) is 0 Å². The summed E-state index contributed by atoms with van der Waals surface area (Å²) < 4.78 is 5.89. The molecule has 0 radical (unpaired) electrons. The van der Waals surface area contributed by atoms with E-state index >= 15 is 0 Å². The first kappa shape index (κ1) is 17.9. The third-order valence-corrected chi connectivity index (χ3v) is 5.17. The molecule has 0 N–H and O–H groups in total. The van der Waals surface area contributed by atoms with E-state index in [9.17, 15) is 4.79 Å². The van der Waals surface area contributed by atoms with Gasteiger partial charge in [-0.3, -0.25) is 4.79 Å². The number of rotatable bonds is 4. The monoisotopic (exact) mass is 355 g/mol. The van der Waals surface area contributed by atoms with Crippen molar-refractivity contribution in [2.75, 3.05) is 12.8 Å². The van der Waals surface area contributed by atoms with Crippen molar-refractivity contribution in [1.29, 1.82) is 0 Å². The summed E-state index contributed by atoms with van der Waals surface area (Å²) in [7, 11) is 0. The lowest BCUT2D eigenvalue weighted by Gasteiger charge is -2.30. The number of hydrogen-bond donors (Lipinski definition) is 0. The average molecular weight is 356 g/mol. The zero-order valence-corrected chi connectivity index (χ0v) is 16.2. The molecule has 0 saturated carbocycles. The molecule has 2 aromatic rings. The number of amides is 1. The van der Waals surface area contributed by atoms with Gasteiger partial charge in [0.1, 0.15) is 5.75 Å². The highest BCUT2D eigenvalue weighted by molar-refractivity contribution is 7.98. The Morgan fingerprint density at radius 1 is 1.16 bits per heavy atom. The largest absolute Gasteiger partial charge is 0.490 e. The van der Waals surface area contributed by atoms with Gasteiger partial charge in [0.05, 0.1) is 11.7 Å². The number of nitrogens with zero attached hydrogens (tertiary/aromatic N) is 1. The normalized spacial score (nSPS) is 13.7. The summed E-state index contributed by atoms with van der Waals surface area (Å²) in [4.78, 5) is 16.2. The van der Waals surface area contributed by atoms with Crippen molar-refractivity contribution in [3.05, 3.63) is 58.7 Å². The fourth-order valence-corrected chi connectivity index (χ4v) is 3.63. The number of aryl methyl sites for hydroxylation is 1. The summed E-state index contributed by atoms with van der Waals surface area (Å²) in [5, 5.41) is 0. The Kier molecular flexibility index (Phi) is 5.38. The van der Waals surface area contributed by atoms with E-state index in [0.29, 0.717) is 17.9 Å². The Morgan fingerprint density at radius 3 is 2.68 bits per heavy atom. The summed E-state index contributed by atoms with van der Waals surface area (Å²) in [5.41, 5.74) is 4.55. The Hall–Kier alpha value is -1.94. The summed E-state index contributed by atoms with van der Waals surface area (Å²) >= 11 is 1.64. The maximum atomic E-state index is 13.2. The third-order valence-electron chi connectivity index (χ3n) is 4.44. The average Bonchev–Trinajstić information content (AvgIpc) is 2.60. The lowest BCUT2D eigenvalue weighted by Crippen LogP contribution is -2.36. The number of benzene rings is 2. The van der Waals surface area contributed by atoms with E-state index in [1.165, 1.54) is 16.7 Å².